The topological polar surface area (TPSA) is 118 Å². The van der Waals surface area contributed by atoms with Crippen molar-refractivity contribution in [1.29, 1.82) is 0 Å². The second-order valence-corrected chi connectivity index (χ2v) is 9.61. The lowest BCUT2D eigenvalue weighted by atomic mass is 10.2. The van der Waals surface area contributed by atoms with Crippen LogP contribution in [0.4, 0.5) is 23.3 Å². The number of anilines is 3. The minimum Gasteiger partial charge on any atom is -0.490 e. The van der Waals surface area contributed by atoms with Crippen LogP contribution < -0.4 is 24.7 Å². The number of hydrogen-bond acceptors (Lipinski definition) is 10. The Kier molecular flexibility index (Phi) is 8.35. The zero-order chi connectivity index (χ0) is 27.0. The van der Waals surface area contributed by atoms with Crippen LogP contribution in [0.25, 0.3) is 0 Å². The number of non-ortho nitro benzene ring substituents is 1. The van der Waals surface area contributed by atoms with Gasteiger partial charge in [-0.3, -0.25) is 15.5 Å². The van der Waals surface area contributed by atoms with Crippen LogP contribution in [0.1, 0.15) is 36.8 Å². The number of nitrogens with zero attached hydrogens (tertiary/aromatic N) is 6. The number of nitrogens with one attached hydrogen (secondary N) is 1. The lowest BCUT2D eigenvalue weighted by Crippen LogP contribution is -2.24. The summed E-state index contributed by atoms with van der Waals surface area (Å²) in [5.74, 6) is 3.42. The molecule has 1 N–H and O–H groups in total. The SMILES string of the molecule is Cc1ccccc1OCCOc1ccc([N+](=O)[O-])cc1/C=N\Nc1cc(N2CCCC2)nc(N2CCCC2)n1. The van der Waals surface area contributed by atoms with E-state index in [1.165, 1.54) is 18.3 Å². The second kappa shape index (κ2) is 12.4. The molecule has 2 aliphatic heterocycles. The van der Waals surface area contributed by atoms with E-state index in [0.29, 0.717) is 29.7 Å². The number of hydrogen-bond donors (Lipinski definition) is 1. The number of aryl methyl sites for hydroxylation is 1. The molecule has 0 amide bonds. The summed E-state index contributed by atoms with van der Waals surface area (Å²) in [4.78, 5) is 24.9. The lowest BCUT2D eigenvalue weighted by molar-refractivity contribution is -0.384. The number of rotatable bonds is 11. The van der Waals surface area contributed by atoms with E-state index in [1.807, 2.05) is 37.3 Å². The van der Waals surface area contributed by atoms with Crippen molar-refractivity contribution < 1.29 is 14.4 Å². The van der Waals surface area contributed by atoms with Gasteiger partial charge in [-0.1, -0.05) is 18.2 Å². The zero-order valence-electron chi connectivity index (χ0n) is 22.1. The van der Waals surface area contributed by atoms with Crippen molar-refractivity contribution >= 4 is 29.5 Å². The monoisotopic (exact) mass is 531 g/mol. The quantitative estimate of drug-likeness (QED) is 0.161. The normalized spacial score (nSPS) is 15.2. The summed E-state index contributed by atoms with van der Waals surface area (Å²) >= 11 is 0. The Labute approximate surface area is 227 Å². The smallest absolute Gasteiger partial charge is 0.270 e. The second-order valence-electron chi connectivity index (χ2n) is 9.61. The number of hydrazone groups is 1. The molecule has 0 bridgehead atoms. The van der Waals surface area contributed by atoms with Crippen molar-refractivity contribution in [2.45, 2.75) is 32.6 Å². The standard InChI is InChI=1S/C28H33N7O4/c1-21-8-2-3-9-24(21)38-16-17-39-25-11-10-23(35(36)37)18-22(25)20-29-32-26-19-27(33-12-4-5-13-33)31-28(30-26)34-14-6-7-15-34/h2-3,8-11,18-20H,4-7,12-17H2,1H3,(H,30,31,32)/b29-20-. The van der Waals surface area contributed by atoms with Gasteiger partial charge in [0.05, 0.1) is 11.1 Å². The first-order valence-corrected chi connectivity index (χ1v) is 13.3. The summed E-state index contributed by atoms with van der Waals surface area (Å²) in [5.41, 5.74) is 4.47. The molecule has 2 aliphatic rings. The average molecular weight is 532 g/mol. The summed E-state index contributed by atoms with van der Waals surface area (Å²) in [6, 6.07) is 14.1. The first kappa shape index (κ1) is 26.2. The van der Waals surface area contributed by atoms with Crippen molar-refractivity contribution in [3.05, 3.63) is 69.8 Å². The molecule has 0 atom stereocenters. The molecule has 5 rings (SSSR count). The van der Waals surface area contributed by atoms with Crippen molar-refractivity contribution in [2.24, 2.45) is 5.10 Å². The molecule has 204 valence electrons. The van der Waals surface area contributed by atoms with E-state index in [-0.39, 0.29) is 12.3 Å². The Balaban J connectivity index is 1.30. The molecule has 0 unspecified atom stereocenters. The molecule has 2 fully saturated rings. The highest BCUT2D eigenvalue weighted by Crippen LogP contribution is 2.26. The number of nitro benzene ring substituents is 1. The van der Waals surface area contributed by atoms with Crippen LogP contribution in [0.3, 0.4) is 0 Å². The van der Waals surface area contributed by atoms with Gasteiger partial charge in [-0.15, -0.1) is 0 Å². The summed E-state index contributed by atoms with van der Waals surface area (Å²) in [7, 11) is 0. The highest BCUT2D eigenvalue weighted by atomic mass is 16.6. The van der Waals surface area contributed by atoms with Crippen LogP contribution >= 0.6 is 0 Å². The molecule has 0 spiro atoms. The molecular weight excluding hydrogens is 498 g/mol. The van der Waals surface area contributed by atoms with E-state index < -0.39 is 4.92 Å². The molecular formula is C28H33N7O4. The van der Waals surface area contributed by atoms with Crippen LogP contribution in [0.5, 0.6) is 11.5 Å². The van der Waals surface area contributed by atoms with Crippen molar-refractivity contribution in [3.63, 3.8) is 0 Å². The van der Waals surface area contributed by atoms with Gasteiger partial charge in [-0.05, 0) is 50.3 Å². The predicted molar refractivity (Wildman–Crippen MR) is 151 cm³/mol. The van der Waals surface area contributed by atoms with Crippen LogP contribution in [0.2, 0.25) is 0 Å². The van der Waals surface area contributed by atoms with E-state index in [1.54, 1.807) is 6.07 Å². The highest BCUT2D eigenvalue weighted by Gasteiger charge is 2.20. The van der Waals surface area contributed by atoms with E-state index >= 15 is 0 Å². The Morgan fingerprint density at radius 3 is 2.36 bits per heavy atom. The van der Waals surface area contributed by atoms with Gasteiger partial charge >= 0.3 is 0 Å². The molecule has 3 aromatic rings. The molecule has 11 nitrogen and oxygen atoms in total. The molecule has 2 aromatic carbocycles. The van der Waals surface area contributed by atoms with E-state index in [0.717, 1.165) is 69.0 Å². The number of aromatic nitrogens is 2. The third-order valence-corrected chi connectivity index (χ3v) is 6.80. The van der Waals surface area contributed by atoms with Crippen molar-refractivity contribution in [1.82, 2.24) is 9.97 Å². The van der Waals surface area contributed by atoms with Gasteiger partial charge in [0.1, 0.15) is 30.5 Å². The Hall–Kier alpha value is -4.41. The van der Waals surface area contributed by atoms with Crippen molar-refractivity contribution in [2.75, 3.05) is 54.6 Å². The first-order valence-electron chi connectivity index (χ1n) is 13.3. The van der Waals surface area contributed by atoms with Crippen LogP contribution in [0, 0.1) is 17.0 Å². The summed E-state index contributed by atoms with van der Waals surface area (Å²) in [6.07, 6.45) is 6.07. The predicted octanol–water partition coefficient (Wildman–Crippen LogP) is 4.80. The minimum absolute atomic E-state index is 0.0466. The third-order valence-electron chi connectivity index (χ3n) is 6.80. The zero-order valence-corrected chi connectivity index (χ0v) is 22.1. The molecule has 11 heteroatoms. The van der Waals surface area contributed by atoms with Gasteiger partial charge < -0.3 is 19.3 Å². The van der Waals surface area contributed by atoms with Gasteiger partial charge in [0.15, 0.2) is 5.82 Å². The fourth-order valence-corrected chi connectivity index (χ4v) is 4.72. The summed E-state index contributed by atoms with van der Waals surface area (Å²) in [6.45, 7) is 6.40. The maximum absolute atomic E-state index is 11.4. The first-order chi connectivity index (χ1) is 19.1. The highest BCUT2D eigenvalue weighted by molar-refractivity contribution is 5.85. The number of ether oxygens (including phenoxy) is 2. The van der Waals surface area contributed by atoms with E-state index in [2.05, 4.69) is 20.3 Å². The fraction of sp³-hybridized carbons (Fsp3) is 0.393. The number of nitro groups is 1. The molecule has 0 saturated carbocycles. The Bertz CT molecular complexity index is 1290. The summed E-state index contributed by atoms with van der Waals surface area (Å²) < 4.78 is 11.7. The molecule has 0 radical (unpaired) electrons. The maximum atomic E-state index is 11.4. The van der Waals surface area contributed by atoms with Crippen LogP contribution in [-0.4, -0.2) is 60.5 Å². The van der Waals surface area contributed by atoms with Gasteiger partial charge in [-0.25, -0.2) is 0 Å². The number of para-hydroxylation sites is 1. The largest absolute Gasteiger partial charge is 0.490 e. The van der Waals surface area contributed by atoms with E-state index in [4.69, 9.17) is 19.4 Å². The van der Waals surface area contributed by atoms with Crippen LogP contribution in [-0.2, 0) is 0 Å². The molecule has 39 heavy (non-hydrogen) atoms. The van der Waals surface area contributed by atoms with E-state index in [9.17, 15) is 10.1 Å². The fourth-order valence-electron chi connectivity index (χ4n) is 4.72. The Morgan fingerprint density at radius 2 is 1.64 bits per heavy atom. The third kappa shape index (κ3) is 6.73. The van der Waals surface area contributed by atoms with Crippen molar-refractivity contribution in [3.8, 4) is 11.5 Å². The molecule has 3 heterocycles. The van der Waals surface area contributed by atoms with Crippen LogP contribution in [0.15, 0.2) is 53.6 Å². The minimum atomic E-state index is -0.440. The maximum Gasteiger partial charge on any atom is 0.270 e. The lowest BCUT2D eigenvalue weighted by Gasteiger charge is -2.21. The number of benzene rings is 2. The summed E-state index contributed by atoms with van der Waals surface area (Å²) in [5, 5.41) is 15.8. The van der Waals surface area contributed by atoms with Gasteiger partial charge in [-0.2, -0.15) is 15.1 Å². The molecule has 0 aliphatic carbocycles. The molecule has 2 saturated heterocycles. The van der Waals surface area contributed by atoms with Gasteiger partial charge in [0.2, 0.25) is 5.95 Å². The molecule has 1 aromatic heterocycles. The average Bonchev–Trinajstić information content (AvgIpc) is 3.68. The van der Waals surface area contributed by atoms with Gasteiger partial charge in [0, 0.05) is 49.9 Å². The Morgan fingerprint density at radius 1 is 0.949 bits per heavy atom. The van der Waals surface area contributed by atoms with Gasteiger partial charge in [0.25, 0.3) is 5.69 Å².